The Balaban J connectivity index is 2.13. The van der Waals surface area contributed by atoms with Crippen molar-refractivity contribution in [2.75, 3.05) is 19.7 Å². The van der Waals surface area contributed by atoms with Gasteiger partial charge < -0.3 is 14.6 Å². The lowest BCUT2D eigenvalue weighted by molar-refractivity contribution is 0.0102. The van der Waals surface area contributed by atoms with Gasteiger partial charge in [0.2, 0.25) is 0 Å². The molecule has 0 spiro atoms. The standard InChI is InChI=1S/C9H14N2O2/c1-2-7-5-11-13-9(7)8-6-10-3-4-12-8/h5,8,10H,2-4,6H2,1H3. The predicted molar refractivity (Wildman–Crippen MR) is 47.4 cm³/mol. The first kappa shape index (κ1) is 8.72. The lowest BCUT2D eigenvalue weighted by Gasteiger charge is -2.21. The van der Waals surface area contributed by atoms with Gasteiger partial charge in [-0.15, -0.1) is 0 Å². The molecule has 1 N–H and O–H groups in total. The average molecular weight is 182 g/mol. The van der Waals surface area contributed by atoms with Crippen molar-refractivity contribution in [3.8, 4) is 0 Å². The third-order valence-corrected chi connectivity index (χ3v) is 2.28. The largest absolute Gasteiger partial charge is 0.367 e. The molecule has 1 saturated heterocycles. The normalized spacial score (nSPS) is 23.3. The summed E-state index contributed by atoms with van der Waals surface area (Å²) in [6, 6.07) is 0. The Bertz CT molecular complexity index is 266. The van der Waals surface area contributed by atoms with Gasteiger partial charge in [0.1, 0.15) is 6.10 Å². The first-order valence-corrected chi connectivity index (χ1v) is 4.67. The molecule has 13 heavy (non-hydrogen) atoms. The smallest absolute Gasteiger partial charge is 0.169 e. The number of hydrogen-bond acceptors (Lipinski definition) is 4. The second-order valence-electron chi connectivity index (χ2n) is 3.13. The van der Waals surface area contributed by atoms with Crippen LogP contribution in [0.25, 0.3) is 0 Å². The first-order valence-electron chi connectivity index (χ1n) is 4.67. The number of hydrogen-bond donors (Lipinski definition) is 1. The fraction of sp³-hybridized carbons (Fsp3) is 0.667. The summed E-state index contributed by atoms with van der Waals surface area (Å²) in [7, 11) is 0. The van der Waals surface area contributed by atoms with E-state index >= 15 is 0 Å². The Labute approximate surface area is 77.2 Å². The molecular weight excluding hydrogens is 168 g/mol. The van der Waals surface area contributed by atoms with Crippen LogP contribution in [-0.4, -0.2) is 24.9 Å². The Hall–Kier alpha value is -0.870. The van der Waals surface area contributed by atoms with Crippen molar-refractivity contribution in [2.24, 2.45) is 0 Å². The van der Waals surface area contributed by atoms with Crippen molar-refractivity contribution in [2.45, 2.75) is 19.4 Å². The van der Waals surface area contributed by atoms with E-state index < -0.39 is 0 Å². The number of rotatable bonds is 2. The maximum Gasteiger partial charge on any atom is 0.169 e. The molecule has 0 saturated carbocycles. The molecule has 0 radical (unpaired) electrons. The highest BCUT2D eigenvalue weighted by molar-refractivity contribution is 5.16. The van der Waals surface area contributed by atoms with Crippen LogP contribution >= 0.6 is 0 Å². The number of nitrogens with one attached hydrogen (secondary N) is 1. The van der Waals surface area contributed by atoms with E-state index in [1.807, 2.05) is 0 Å². The average Bonchev–Trinajstić information content (AvgIpc) is 2.67. The molecule has 1 aliphatic heterocycles. The van der Waals surface area contributed by atoms with Gasteiger partial charge in [-0.2, -0.15) is 0 Å². The molecular formula is C9H14N2O2. The maximum absolute atomic E-state index is 5.57. The molecule has 4 heteroatoms. The van der Waals surface area contributed by atoms with Gasteiger partial charge in [-0.3, -0.25) is 0 Å². The van der Waals surface area contributed by atoms with Crippen LogP contribution in [0.5, 0.6) is 0 Å². The lowest BCUT2D eigenvalue weighted by Crippen LogP contribution is -2.33. The van der Waals surface area contributed by atoms with Crippen molar-refractivity contribution in [1.29, 1.82) is 0 Å². The molecule has 4 nitrogen and oxygen atoms in total. The van der Waals surface area contributed by atoms with Crippen LogP contribution < -0.4 is 5.32 Å². The summed E-state index contributed by atoms with van der Waals surface area (Å²) in [6.45, 7) is 4.58. The van der Waals surface area contributed by atoms with Crippen LogP contribution in [-0.2, 0) is 11.2 Å². The number of aryl methyl sites for hydroxylation is 1. The van der Waals surface area contributed by atoms with Gasteiger partial charge in [-0.25, -0.2) is 0 Å². The molecule has 72 valence electrons. The van der Waals surface area contributed by atoms with Crippen LogP contribution in [0.1, 0.15) is 24.4 Å². The zero-order chi connectivity index (χ0) is 9.10. The molecule has 0 aliphatic carbocycles. The molecule has 1 atom stereocenters. The van der Waals surface area contributed by atoms with E-state index in [2.05, 4.69) is 17.4 Å². The predicted octanol–water partition coefficient (Wildman–Crippen LogP) is 0.898. The SMILES string of the molecule is CCc1cnoc1C1CNCCO1. The monoisotopic (exact) mass is 182 g/mol. The van der Waals surface area contributed by atoms with Gasteiger partial charge in [0, 0.05) is 18.7 Å². The molecule has 1 fully saturated rings. The van der Waals surface area contributed by atoms with E-state index in [0.29, 0.717) is 0 Å². The molecule has 0 bridgehead atoms. The minimum absolute atomic E-state index is 0.0474. The first-order chi connectivity index (χ1) is 6.42. The van der Waals surface area contributed by atoms with Crippen molar-refractivity contribution < 1.29 is 9.26 Å². The van der Waals surface area contributed by atoms with E-state index in [4.69, 9.17) is 9.26 Å². The summed E-state index contributed by atoms with van der Waals surface area (Å²) in [5, 5.41) is 7.05. The molecule has 1 unspecified atom stereocenters. The number of aromatic nitrogens is 1. The van der Waals surface area contributed by atoms with E-state index in [1.54, 1.807) is 6.20 Å². The molecule has 2 heterocycles. The maximum atomic E-state index is 5.57. The van der Waals surface area contributed by atoms with Crippen molar-refractivity contribution in [3.05, 3.63) is 17.5 Å². The van der Waals surface area contributed by atoms with E-state index in [0.717, 1.165) is 37.4 Å². The quantitative estimate of drug-likeness (QED) is 0.738. The van der Waals surface area contributed by atoms with E-state index in [9.17, 15) is 0 Å². The van der Waals surface area contributed by atoms with Crippen molar-refractivity contribution in [1.82, 2.24) is 10.5 Å². The van der Waals surface area contributed by atoms with Crippen molar-refractivity contribution in [3.63, 3.8) is 0 Å². The molecule has 0 aromatic carbocycles. The van der Waals surface area contributed by atoms with Gasteiger partial charge in [0.05, 0.1) is 12.8 Å². The fourth-order valence-electron chi connectivity index (χ4n) is 1.53. The summed E-state index contributed by atoms with van der Waals surface area (Å²) in [5.74, 6) is 0.884. The summed E-state index contributed by atoms with van der Waals surface area (Å²) in [6.07, 6.45) is 2.76. The summed E-state index contributed by atoms with van der Waals surface area (Å²) in [4.78, 5) is 0. The highest BCUT2D eigenvalue weighted by Crippen LogP contribution is 2.22. The minimum atomic E-state index is 0.0474. The van der Waals surface area contributed by atoms with Gasteiger partial charge in [0.15, 0.2) is 5.76 Å². The highest BCUT2D eigenvalue weighted by Gasteiger charge is 2.22. The Morgan fingerprint density at radius 2 is 2.62 bits per heavy atom. The van der Waals surface area contributed by atoms with Gasteiger partial charge in [-0.1, -0.05) is 12.1 Å². The Kier molecular flexibility index (Phi) is 2.61. The van der Waals surface area contributed by atoms with Crippen molar-refractivity contribution >= 4 is 0 Å². The second-order valence-corrected chi connectivity index (χ2v) is 3.13. The van der Waals surface area contributed by atoms with Crippen LogP contribution in [0.2, 0.25) is 0 Å². The fourth-order valence-corrected chi connectivity index (χ4v) is 1.53. The lowest BCUT2D eigenvalue weighted by atomic mass is 10.1. The summed E-state index contributed by atoms with van der Waals surface area (Å²) in [5.41, 5.74) is 1.15. The topological polar surface area (TPSA) is 47.3 Å². The molecule has 1 aromatic rings. The van der Waals surface area contributed by atoms with Crippen LogP contribution in [0.15, 0.2) is 10.7 Å². The number of ether oxygens (including phenoxy) is 1. The second kappa shape index (κ2) is 3.89. The third-order valence-electron chi connectivity index (χ3n) is 2.28. The van der Waals surface area contributed by atoms with Crippen LogP contribution in [0.3, 0.4) is 0 Å². The van der Waals surface area contributed by atoms with E-state index in [-0.39, 0.29) is 6.10 Å². The summed E-state index contributed by atoms with van der Waals surface area (Å²) < 4.78 is 10.7. The summed E-state index contributed by atoms with van der Waals surface area (Å²) >= 11 is 0. The third kappa shape index (κ3) is 1.73. The molecule has 1 aromatic heterocycles. The van der Waals surface area contributed by atoms with Crippen LogP contribution in [0.4, 0.5) is 0 Å². The van der Waals surface area contributed by atoms with E-state index in [1.165, 1.54) is 0 Å². The van der Waals surface area contributed by atoms with Gasteiger partial charge >= 0.3 is 0 Å². The molecule has 0 amide bonds. The van der Waals surface area contributed by atoms with Gasteiger partial charge in [-0.05, 0) is 6.42 Å². The Morgan fingerprint density at radius 3 is 3.31 bits per heavy atom. The Morgan fingerprint density at radius 1 is 1.69 bits per heavy atom. The zero-order valence-electron chi connectivity index (χ0n) is 7.75. The van der Waals surface area contributed by atoms with Gasteiger partial charge in [0.25, 0.3) is 0 Å². The number of nitrogens with zero attached hydrogens (tertiary/aromatic N) is 1. The highest BCUT2D eigenvalue weighted by atomic mass is 16.5. The molecule has 1 aliphatic rings. The molecule has 2 rings (SSSR count). The number of morpholine rings is 1. The zero-order valence-corrected chi connectivity index (χ0v) is 7.75. The van der Waals surface area contributed by atoms with Crippen LogP contribution in [0, 0.1) is 0 Å². The minimum Gasteiger partial charge on any atom is -0.367 e.